The third-order valence-electron chi connectivity index (χ3n) is 4.21. The van der Waals surface area contributed by atoms with E-state index in [-0.39, 0.29) is 0 Å². The number of nitrogens with zero attached hydrogens (tertiary/aromatic N) is 2. The molecule has 1 heterocycles. The first-order valence-electron chi connectivity index (χ1n) is 7.33. The molecule has 1 aromatic heterocycles. The van der Waals surface area contributed by atoms with E-state index >= 15 is 0 Å². The Labute approximate surface area is 111 Å². The topological polar surface area (TPSA) is 29.9 Å². The normalized spacial score (nSPS) is 22.3. The van der Waals surface area contributed by atoms with Crippen LogP contribution in [0.4, 0.5) is 5.95 Å². The minimum Gasteiger partial charge on any atom is -0.352 e. The lowest BCUT2D eigenvalue weighted by Gasteiger charge is -2.28. The number of rotatable bonds is 5. The van der Waals surface area contributed by atoms with Crippen LogP contribution in [0.5, 0.6) is 0 Å². The van der Waals surface area contributed by atoms with E-state index in [1.165, 1.54) is 32.1 Å². The van der Waals surface area contributed by atoms with Crippen molar-refractivity contribution in [1.82, 2.24) is 9.55 Å². The third-order valence-corrected chi connectivity index (χ3v) is 4.21. The van der Waals surface area contributed by atoms with Crippen molar-refractivity contribution in [3.8, 4) is 0 Å². The Balaban J connectivity index is 2.08. The fourth-order valence-electron chi connectivity index (χ4n) is 2.91. The Bertz CT molecular complexity index is 392. The van der Waals surface area contributed by atoms with Crippen LogP contribution in [-0.2, 0) is 6.54 Å². The van der Waals surface area contributed by atoms with E-state index < -0.39 is 0 Å². The summed E-state index contributed by atoms with van der Waals surface area (Å²) >= 11 is 0. The molecule has 3 heteroatoms. The van der Waals surface area contributed by atoms with E-state index in [4.69, 9.17) is 0 Å². The zero-order valence-electron chi connectivity index (χ0n) is 12.3. The summed E-state index contributed by atoms with van der Waals surface area (Å²) in [4.78, 5) is 4.64. The van der Waals surface area contributed by atoms with Gasteiger partial charge in [-0.3, -0.25) is 0 Å². The van der Waals surface area contributed by atoms with Crippen LogP contribution in [0.25, 0.3) is 0 Å². The van der Waals surface area contributed by atoms with Crippen molar-refractivity contribution < 1.29 is 0 Å². The largest absolute Gasteiger partial charge is 0.352 e. The lowest BCUT2D eigenvalue weighted by Crippen LogP contribution is -2.32. The number of hydrogen-bond acceptors (Lipinski definition) is 2. The number of aromatic nitrogens is 2. The average Bonchev–Trinajstić information content (AvgIpc) is 2.80. The van der Waals surface area contributed by atoms with Gasteiger partial charge in [-0.15, -0.1) is 0 Å². The van der Waals surface area contributed by atoms with Gasteiger partial charge in [-0.2, -0.15) is 0 Å². The van der Waals surface area contributed by atoms with Gasteiger partial charge in [-0.25, -0.2) is 4.98 Å². The molecule has 3 nitrogen and oxygen atoms in total. The number of anilines is 1. The molecular weight excluding hydrogens is 222 g/mol. The lowest BCUT2D eigenvalue weighted by atomic mass is 9.87. The van der Waals surface area contributed by atoms with E-state index in [1.807, 2.05) is 0 Å². The molecule has 1 saturated carbocycles. The Morgan fingerprint density at radius 1 is 1.50 bits per heavy atom. The van der Waals surface area contributed by atoms with E-state index in [2.05, 4.69) is 48.8 Å². The first-order valence-corrected chi connectivity index (χ1v) is 7.33. The molecule has 18 heavy (non-hydrogen) atoms. The molecule has 1 N–H and O–H groups in total. The summed E-state index contributed by atoms with van der Waals surface area (Å²) in [7, 11) is 0. The molecule has 2 rings (SSSR count). The molecule has 0 radical (unpaired) electrons. The van der Waals surface area contributed by atoms with Gasteiger partial charge in [0.15, 0.2) is 0 Å². The van der Waals surface area contributed by atoms with Gasteiger partial charge in [0.2, 0.25) is 5.95 Å². The Morgan fingerprint density at radius 2 is 2.28 bits per heavy atom. The zero-order valence-corrected chi connectivity index (χ0v) is 12.3. The maximum atomic E-state index is 4.64. The molecule has 1 unspecified atom stereocenters. The van der Waals surface area contributed by atoms with E-state index in [0.717, 1.165) is 18.2 Å². The van der Waals surface area contributed by atoms with Crippen LogP contribution in [0.15, 0.2) is 6.20 Å². The molecule has 0 aliphatic heterocycles. The summed E-state index contributed by atoms with van der Waals surface area (Å²) < 4.78 is 2.28. The second kappa shape index (κ2) is 5.33. The molecule has 0 spiro atoms. The first-order chi connectivity index (χ1) is 8.53. The highest BCUT2D eigenvalue weighted by Gasteiger charge is 2.35. The van der Waals surface area contributed by atoms with Crippen LogP contribution in [0.1, 0.15) is 58.6 Å². The van der Waals surface area contributed by atoms with Gasteiger partial charge in [0.1, 0.15) is 0 Å². The van der Waals surface area contributed by atoms with Gasteiger partial charge in [0.05, 0.1) is 5.69 Å². The molecule has 102 valence electrons. The van der Waals surface area contributed by atoms with Crippen LogP contribution >= 0.6 is 0 Å². The van der Waals surface area contributed by atoms with Crippen LogP contribution in [0.2, 0.25) is 0 Å². The Morgan fingerprint density at radius 3 is 2.89 bits per heavy atom. The maximum absolute atomic E-state index is 4.64. The summed E-state index contributed by atoms with van der Waals surface area (Å²) in [6.07, 6.45) is 8.54. The van der Waals surface area contributed by atoms with Crippen LogP contribution in [0, 0.1) is 12.3 Å². The Hall–Kier alpha value is -0.990. The molecular formula is C15H27N3. The van der Waals surface area contributed by atoms with Crippen LogP contribution in [-0.4, -0.2) is 15.6 Å². The molecule has 0 amide bonds. The third kappa shape index (κ3) is 2.88. The number of aryl methyl sites for hydroxylation is 2. The molecule has 0 saturated heterocycles. The van der Waals surface area contributed by atoms with Crippen molar-refractivity contribution in [3.05, 3.63) is 11.9 Å². The minimum absolute atomic E-state index is 0.398. The lowest BCUT2D eigenvalue weighted by molar-refractivity contribution is 0.348. The van der Waals surface area contributed by atoms with Crippen LogP contribution in [0.3, 0.4) is 0 Å². The van der Waals surface area contributed by atoms with Gasteiger partial charge in [0, 0.05) is 18.8 Å². The molecule has 0 aromatic carbocycles. The molecule has 1 aromatic rings. The fourth-order valence-corrected chi connectivity index (χ4v) is 2.91. The average molecular weight is 249 g/mol. The molecule has 1 fully saturated rings. The van der Waals surface area contributed by atoms with Crippen molar-refractivity contribution in [2.45, 2.75) is 72.4 Å². The number of imidazole rings is 1. The van der Waals surface area contributed by atoms with Crippen molar-refractivity contribution in [2.24, 2.45) is 5.41 Å². The zero-order chi connectivity index (χ0) is 13.2. The van der Waals surface area contributed by atoms with E-state index in [0.29, 0.717) is 11.5 Å². The van der Waals surface area contributed by atoms with Gasteiger partial charge in [-0.1, -0.05) is 33.6 Å². The van der Waals surface area contributed by atoms with Crippen molar-refractivity contribution in [3.63, 3.8) is 0 Å². The minimum atomic E-state index is 0.398. The molecule has 1 aliphatic rings. The van der Waals surface area contributed by atoms with Gasteiger partial charge < -0.3 is 9.88 Å². The second-order valence-electron chi connectivity index (χ2n) is 6.33. The fraction of sp³-hybridized carbons (Fsp3) is 0.800. The first kappa shape index (κ1) is 13.4. The second-order valence-corrected chi connectivity index (χ2v) is 6.33. The van der Waals surface area contributed by atoms with Crippen molar-refractivity contribution in [1.29, 1.82) is 0 Å². The highest BCUT2D eigenvalue weighted by atomic mass is 15.2. The summed E-state index contributed by atoms with van der Waals surface area (Å²) in [6.45, 7) is 10.1. The summed E-state index contributed by atoms with van der Waals surface area (Å²) in [5, 5.41) is 3.68. The molecule has 0 bridgehead atoms. The predicted molar refractivity (Wildman–Crippen MR) is 76.9 cm³/mol. The number of unbranched alkanes of at least 4 members (excludes halogenated alkanes) is 1. The number of hydrogen-bond donors (Lipinski definition) is 1. The highest BCUT2D eigenvalue weighted by Crippen LogP contribution is 2.38. The molecule has 1 aliphatic carbocycles. The Kier molecular flexibility index (Phi) is 3.98. The van der Waals surface area contributed by atoms with E-state index in [1.54, 1.807) is 0 Å². The van der Waals surface area contributed by atoms with Crippen LogP contribution < -0.4 is 5.32 Å². The van der Waals surface area contributed by atoms with Gasteiger partial charge in [-0.05, 0) is 31.6 Å². The summed E-state index contributed by atoms with van der Waals surface area (Å²) in [6, 6.07) is 0.569. The monoisotopic (exact) mass is 249 g/mol. The number of nitrogens with one attached hydrogen (secondary N) is 1. The van der Waals surface area contributed by atoms with Gasteiger partial charge >= 0.3 is 0 Å². The predicted octanol–water partition coefficient (Wildman–Crippen LogP) is 3.98. The van der Waals surface area contributed by atoms with Crippen molar-refractivity contribution >= 4 is 5.95 Å². The quantitative estimate of drug-likeness (QED) is 0.855. The SMILES string of the molecule is CCCCn1cc(C)nc1NC1CCCC1(C)C. The maximum Gasteiger partial charge on any atom is 0.203 e. The van der Waals surface area contributed by atoms with Crippen molar-refractivity contribution in [2.75, 3.05) is 5.32 Å². The smallest absolute Gasteiger partial charge is 0.203 e. The highest BCUT2D eigenvalue weighted by molar-refractivity contribution is 5.31. The van der Waals surface area contributed by atoms with E-state index in [9.17, 15) is 0 Å². The summed E-state index contributed by atoms with van der Waals surface area (Å²) in [5.41, 5.74) is 1.51. The summed E-state index contributed by atoms with van der Waals surface area (Å²) in [5.74, 6) is 1.07. The molecule has 1 atom stereocenters. The standard InChI is InChI=1S/C15H27N3/c1-5-6-10-18-11-12(2)16-14(18)17-13-8-7-9-15(13,3)4/h11,13H,5-10H2,1-4H3,(H,16,17). The van der Waals surface area contributed by atoms with Gasteiger partial charge in [0.25, 0.3) is 0 Å².